The summed E-state index contributed by atoms with van der Waals surface area (Å²) in [4.78, 5) is 43.1. The van der Waals surface area contributed by atoms with E-state index in [-0.39, 0.29) is 5.78 Å². The van der Waals surface area contributed by atoms with Crippen LogP contribution < -0.4 is 0 Å². The Morgan fingerprint density at radius 1 is 1.35 bits per heavy atom. The van der Waals surface area contributed by atoms with Gasteiger partial charge in [-0.3, -0.25) is 19.4 Å². The molecule has 0 aliphatic carbocycles. The number of allylic oxidation sites excluding steroid dienone is 1. The molecule has 1 amide bonds. The Bertz CT molecular complexity index is 680. The fourth-order valence-corrected chi connectivity index (χ4v) is 3.01. The average molecular weight is 356 g/mol. The lowest BCUT2D eigenvalue weighted by molar-refractivity contribution is -0.151. The van der Waals surface area contributed by atoms with Gasteiger partial charge in [0.15, 0.2) is 5.78 Å². The van der Waals surface area contributed by atoms with Crippen LogP contribution in [0.25, 0.3) is 6.08 Å². The molecule has 0 aromatic carbocycles. The summed E-state index contributed by atoms with van der Waals surface area (Å²) in [7, 11) is 0. The van der Waals surface area contributed by atoms with Crippen molar-refractivity contribution < 1.29 is 14.4 Å². The van der Waals surface area contributed by atoms with Crippen molar-refractivity contribution >= 4 is 23.5 Å². The third-order valence-electron chi connectivity index (χ3n) is 5.13. The Kier molecular flexibility index (Phi) is 6.83. The molecule has 1 saturated heterocycles. The smallest absolute Gasteiger partial charge is 0.291 e. The summed E-state index contributed by atoms with van der Waals surface area (Å²) in [6, 6.07) is 3.36. The molecule has 1 aromatic rings. The van der Waals surface area contributed by atoms with Gasteiger partial charge in [0, 0.05) is 30.8 Å². The minimum atomic E-state index is -0.681. The largest absolute Gasteiger partial charge is 0.326 e. The molecule has 1 aliphatic rings. The maximum absolute atomic E-state index is 12.6. The van der Waals surface area contributed by atoms with Gasteiger partial charge in [-0.25, -0.2) is 0 Å². The number of carbonyl (C=O) groups excluding carboxylic acids is 3. The zero-order valence-corrected chi connectivity index (χ0v) is 15.9. The van der Waals surface area contributed by atoms with Gasteiger partial charge in [0.1, 0.15) is 0 Å². The molecular weight excluding hydrogens is 328 g/mol. The highest BCUT2D eigenvalue weighted by Gasteiger charge is 2.40. The molecule has 0 radical (unpaired) electrons. The van der Waals surface area contributed by atoms with E-state index in [1.165, 1.54) is 4.90 Å². The maximum atomic E-state index is 12.6. The molecule has 1 unspecified atom stereocenters. The Hall–Kier alpha value is -2.30. The van der Waals surface area contributed by atoms with Crippen molar-refractivity contribution in [2.24, 2.45) is 5.41 Å². The van der Waals surface area contributed by atoms with Gasteiger partial charge in [0.05, 0.1) is 6.04 Å². The van der Waals surface area contributed by atoms with E-state index >= 15 is 0 Å². The van der Waals surface area contributed by atoms with Gasteiger partial charge in [-0.15, -0.1) is 0 Å². The molecule has 1 fully saturated rings. The number of carbonyl (C=O) groups is 3. The van der Waals surface area contributed by atoms with Crippen LogP contribution in [0.15, 0.2) is 30.6 Å². The average Bonchev–Trinajstić information content (AvgIpc) is 3.14. The van der Waals surface area contributed by atoms with Crippen LogP contribution in [-0.2, 0) is 14.4 Å². The van der Waals surface area contributed by atoms with E-state index in [0.29, 0.717) is 32.2 Å². The summed E-state index contributed by atoms with van der Waals surface area (Å²) in [5, 5.41) is 0. The van der Waals surface area contributed by atoms with Gasteiger partial charge in [-0.1, -0.05) is 39.0 Å². The molecule has 0 N–H and O–H groups in total. The van der Waals surface area contributed by atoms with E-state index in [2.05, 4.69) is 4.98 Å². The van der Waals surface area contributed by atoms with Crippen LogP contribution in [0.5, 0.6) is 0 Å². The van der Waals surface area contributed by atoms with Crippen molar-refractivity contribution in [3.8, 4) is 0 Å². The normalized spacial score (nSPS) is 17.7. The van der Waals surface area contributed by atoms with Crippen molar-refractivity contribution in [3.05, 3.63) is 36.2 Å². The van der Waals surface area contributed by atoms with Crippen molar-refractivity contribution in [1.82, 2.24) is 9.88 Å². The van der Waals surface area contributed by atoms with Crippen molar-refractivity contribution in [2.45, 2.75) is 58.9 Å². The first-order valence-corrected chi connectivity index (χ1v) is 9.31. The Labute approximate surface area is 155 Å². The van der Waals surface area contributed by atoms with Crippen molar-refractivity contribution in [1.29, 1.82) is 0 Å². The number of ketones is 2. The summed E-state index contributed by atoms with van der Waals surface area (Å²) in [6.45, 7) is 5.95. The molecule has 1 aliphatic heterocycles. The highest BCUT2D eigenvalue weighted by molar-refractivity contribution is 6.38. The Morgan fingerprint density at radius 3 is 2.77 bits per heavy atom. The summed E-state index contributed by atoms with van der Waals surface area (Å²) in [5.74, 6) is -0.858. The number of hydrogen-bond donors (Lipinski definition) is 0. The monoisotopic (exact) mass is 356 g/mol. The van der Waals surface area contributed by atoms with Crippen LogP contribution in [-0.4, -0.2) is 39.9 Å². The van der Waals surface area contributed by atoms with E-state index in [1.807, 2.05) is 31.2 Å². The Morgan fingerprint density at radius 2 is 2.12 bits per heavy atom. The van der Waals surface area contributed by atoms with E-state index in [9.17, 15) is 14.4 Å². The fourth-order valence-electron chi connectivity index (χ4n) is 3.01. The molecule has 26 heavy (non-hydrogen) atoms. The quantitative estimate of drug-likeness (QED) is 0.669. The van der Waals surface area contributed by atoms with E-state index in [1.54, 1.807) is 26.2 Å². The van der Waals surface area contributed by atoms with Gasteiger partial charge in [0.25, 0.3) is 5.91 Å². The summed E-state index contributed by atoms with van der Waals surface area (Å²) in [5.41, 5.74) is 0.310. The number of hydrogen-bond acceptors (Lipinski definition) is 4. The summed E-state index contributed by atoms with van der Waals surface area (Å²) >= 11 is 0. The fraction of sp³-hybridized carbons (Fsp3) is 0.524. The maximum Gasteiger partial charge on any atom is 0.291 e. The second-order valence-corrected chi connectivity index (χ2v) is 7.42. The highest BCUT2D eigenvalue weighted by Crippen LogP contribution is 2.26. The van der Waals surface area contributed by atoms with E-state index in [0.717, 1.165) is 12.0 Å². The lowest BCUT2D eigenvalue weighted by Crippen LogP contribution is -2.47. The summed E-state index contributed by atoms with van der Waals surface area (Å²) < 4.78 is 0. The SMILES string of the molecule is CCC(C)(C)C(=O)C(=O)N1CCCC1C(=O)CC/C=C/c1cccnc1. The highest BCUT2D eigenvalue weighted by atomic mass is 16.2. The predicted octanol–water partition coefficient (Wildman–Crippen LogP) is 3.44. The second-order valence-electron chi connectivity index (χ2n) is 7.42. The molecule has 0 bridgehead atoms. The lowest BCUT2D eigenvalue weighted by Gasteiger charge is -2.27. The number of pyridine rings is 1. The molecule has 5 heteroatoms. The molecule has 1 aromatic heterocycles. The van der Waals surface area contributed by atoms with Gasteiger partial charge in [-0.2, -0.15) is 0 Å². The van der Waals surface area contributed by atoms with Crippen molar-refractivity contribution in [2.75, 3.05) is 6.54 Å². The molecule has 0 spiro atoms. The van der Waals surface area contributed by atoms with Crippen LogP contribution >= 0.6 is 0 Å². The standard InChI is InChI=1S/C21H28N2O3/c1-4-21(2,3)19(25)20(26)23-14-8-11-17(23)18(24)12-6-5-9-16-10-7-13-22-15-16/h5,7,9-10,13,15,17H,4,6,8,11-12,14H2,1-3H3/b9-5+. The van der Waals surface area contributed by atoms with Gasteiger partial charge in [-0.05, 0) is 37.3 Å². The van der Waals surface area contributed by atoms with Gasteiger partial charge < -0.3 is 4.90 Å². The molecule has 140 valence electrons. The molecule has 2 heterocycles. The molecular formula is C21H28N2O3. The van der Waals surface area contributed by atoms with Crippen LogP contribution in [0.2, 0.25) is 0 Å². The number of aromatic nitrogens is 1. The van der Waals surface area contributed by atoms with Gasteiger partial charge in [0.2, 0.25) is 5.78 Å². The minimum absolute atomic E-state index is 0.0359. The first-order chi connectivity index (χ1) is 12.4. The topological polar surface area (TPSA) is 67.3 Å². The third kappa shape index (κ3) is 4.87. The number of Topliss-reactive ketones (excluding diaryl/α,β-unsaturated/α-hetero) is 2. The van der Waals surface area contributed by atoms with Crippen LogP contribution in [0.1, 0.15) is 58.4 Å². The number of likely N-dealkylation sites (tertiary alicyclic amines) is 1. The third-order valence-corrected chi connectivity index (χ3v) is 5.13. The predicted molar refractivity (Wildman–Crippen MR) is 101 cm³/mol. The van der Waals surface area contributed by atoms with Crippen LogP contribution in [0, 0.1) is 5.41 Å². The lowest BCUT2D eigenvalue weighted by atomic mass is 9.84. The molecule has 5 nitrogen and oxygen atoms in total. The zero-order chi connectivity index (χ0) is 19.2. The van der Waals surface area contributed by atoms with Crippen LogP contribution in [0.3, 0.4) is 0 Å². The van der Waals surface area contributed by atoms with Crippen molar-refractivity contribution in [3.63, 3.8) is 0 Å². The van der Waals surface area contributed by atoms with E-state index < -0.39 is 23.1 Å². The number of amides is 1. The molecule has 0 saturated carbocycles. The summed E-state index contributed by atoms with van der Waals surface area (Å²) in [6.07, 6.45) is 10.4. The van der Waals surface area contributed by atoms with Gasteiger partial charge >= 0.3 is 0 Å². The molecule has 2 rings (SSSR count). The number of rotatable bonds is 8. The Balaban J connectivity index is 1.92. The second kappa shape index (κ2) is 8.88. The number of nitrogens with zero attached hydrogens (tertiary/aromatic N) is 2. The molecule has 1 atom stereocenters. The zero-order valence-electron chi connectivity index (χ0n) is 15.9. The first-order valence-electron chi connectivity index (χ1n) is 9.31. The minimum Gasteiger partial charge on any atom is -0.326 e. The van der Waals surface area contributed by atoms with E-state index in [4.69, 9.17) is 0 Å². The van der Waals surface area contributed by atoms with Crippen LogP contribution in [0.4, 0.5) is 0 Å². The first kappa shape index (κ1) is 20.0.